The first-order valence-electron chi connectivity index (χ1n) is 6.83. The number of aryl methyl sites for hydroxylation is 2. The normalized spacial score (nSPS) is 23.7. The van der Waals surface area contributed by atoms with E-state index in [-0.39, 0.29) is 0 Å². The van der Waals surface area contributed by atoms with Crippen LogP contribution in [0, 0.1) is 19.8 Å². The zero-order valence-corrected chi connectivity index (χ0v) is 11.5. The van der Waals surface area contributed by atoms with Crippen LogP contribution in [-0.2, 0) is 0 Å². The molecule has 2 nitrogen and oxygen atoms in total. The fraction of sp³-hybridized carbons (Fsp3) is 0.562. The number of ether oxygens (including phenoxy) is 1. The lowest BCUT2D eigenvalue weighted by Gasteiger charge is -2.28. The number of carbonyl (C=O) groups is 1. The quantitative estimate of drug-likeness (QED) is 0.751. The maximum atomic E-state index is 10.8. The average Bonchev–Trinajstić information content (AvgIpc) is 2.35. The van der Waals surface area contributed by atoms with Crippen molar-refractivity contribution in [2.45, 2.75) is 52.6 Å². The standard InChI is InChI=1S/C16H22O2/c1-11-4-6-15(7-5-11)18-16-12(2)8-14(10-17)9-13(16)3/h8-11,15H,4-7H2,1-3H3. The molecule has 0 saturated heterocycles. The molecule has 0 radical (unpaired) electrons. The molecule has 0 amide bonds. The van der Waals surface area contributed by atoms with Gasteiger partial charge in [-0.3, -0.25) is 4.79 Å². The van der Waals surface area contributed by atoms with Gasteiger partial charge in [0.1, 0.15) is 12.0 Å². The highest BCUT2D eigenvalue weighted by atomic mass is 16.5. The van der Waals surface area contributed by atoms with Gasteiger partial charge in [0.25, 0.3) is 0 Å². The van der Waals surface area contributed by atoms with Gasteiger partial charge in [-0.15, -0.1) is 0 Å². The Morgan fingerprint density at radius 3 is 2.17 bits per heavy atom. The van der Waals surface area contributed by atoms with Crippen molar-refractivity contribution in [3.05, 3.63) is 28.8 Å². The molecular formula is C16H22O2. The van der Waals surface area contributed by atoms with E-state index in [2.05, 4.69) is 6.92 Å². The Labute approximate surface area is 109 Å². The zero-order chi connectivity index (χ0) is 13.1. The van der Waals surface area contributed by atoms with Crippen molar-refractivity contribution in [1.82, 2.24) is 0 Å². The van der Waals surface area contributed by atoms with Crippen molar-refractivity contribution >= 4 is 6.29 Å². The van der Waals surface area contributed by atoms with Crippen LogP contribution in [0.2, 0.25) is 0 Å². The summed E-state index contributed by atoms with van der Waals surface area (Å²) in [6, 6.07) is 3.81. The van der Waals surface area contributed by atoms with E-state index < -0.39 is 0 Å². The first kappa shape index (κ1) is 13.1. The van der Waals surface area contributed by atoms with E-state index in [9.17, 15) is 4.79 Å². The van der Waals surface area contributed by atoms with Gasteiger partial charge < -0.3 is 4.74 Å². The molecule has 2 heteroatoms. The molecule has 1 saturated carbocycles. The van der Waals surface area contributed by atoms with Gasteiger partial charge >= 0.3 is 0 Å². The van der Waals surface area contributed by atoms with E-state index in [1.165, 1.54) is 12.8 Å². The third kappa shape index (κ3) is 2.92. The summed E-state index contributed by atoms with van der Waals surface area (Å²) in [5.41, 5.74) is 2.86. The van der Waals surface area contributed by atoms with Crippen LogP contribution in [0.3, 0.4) is 0 Å². The van der Waals surface area contributed by atoms with Crippen LogP contribution in [0.4, 0.5) is 0 Å². The summed E-state index contributed by atoms with van der Waals surface area (Å²) in [5.74, 6) is 1.81. The van der Waals surface area contributed by atoms with E-state index >= 15 is 0 Å². The van der Waals surface area contributed by atoms with Crippen molar-refractivity contribution in [2.75, 3.05) is 0 Å². The van der Waals surface area contributed by atoms with E-state index in [1.54, 1.807) is 0 Å². The SMILES string of the molecule is Cc1cc(C=O)cc(C)c1OC1CCC(C)CC1. The highest BCUT2D eigenvalue weighted by molar-refractivity contribution is 5.76. The Morgan fingerprint density at radius 1 is 1.11 bits per heavy atom. The van der Waals surface area contributed by atoms with Crippen molar-refractivity contribution in [3.8, 4) is 5.75 Å². The Kier molecular flexibility index (Phi) is 4.05. The van der Waals surface area contributed by atoms with Gasteiger partial charge in [0.2, 0.25) is 0 Å². The van der Waals surface area contributed by atoms with Crippen molar-refractivity contribution in [1.29, 1.82) is 0 Å². The maximum absolute atomic E-state index is 10.8. The summed E-state index contributed by atoms with van der Waals surface area (Å²) in [7, 11) is 0. The van der Waals surface area contributed by atoms with Crippen LogP contribution in [0.1, 0.15) is 54.1 Å². The zero-order valence-electron chi connectivity index (χ0n) is 11.5. The monoisotopic (exact) mass is 246 g/mol. The lowest BCUT2D eigenvalue weighted by atomic mass is 9.89. The number of carbonyl (C=O) groups excluding carboxylic acids is 1. The molecule has 0 spiro atoms. The van der Waals surface area contributed by atoms with Gasteiger partial charge in [-0.2, -0.15) is 0 Å². The van der Waals surface area contributed by atoms with Gasteiger partial charge in [-0.1, -0.05) is 6.92 Å². The topological polar surface area (TPSA) is 26.3 Å². The summed E-state index contributed by atoms with van der Waals surface area (Å²) >= 11 is 0. The Balaban J connectivity index is 2.11. The largest absolute Gasteiger partial charge is 0.490 e. The second-order valence-electron chi connectivity index (χ2n) is 5.60. The Bertz CT molecular complexity index is 406. The summed E-state index contributed by atoms with van der Waals surface area (Å²) in [6.45, 7) is 6.34. The number of benzene rings is 1. The third-order valence-corrected chi connectivity index (χ3v) is 3.87. The Morgan fingerprint density at radius 2 is 1.67 bits per heavy atom. The minimum Gasteiger partial charge on any atom is -0.490 e. The fourth-order valence-corrected chi connectivity index (χ4v) is 2.75. The van der Waals surface area contributed by atoms with Gasteiger partial charge in [0, 0.05) is 5.56 Å². The molecule has 1 fully saturated rings. The summed E-state index contributed by atoms with van der Waals surface area (Å²) in [4.78, 5) is 10.8. The molecule has 1 aliphatic carbocycles. The first-order chi connectivity index (χ1) is 8.60. The first-order valence-corrected chi connectivity index (χ1v) is 6.83. The van der Waals surface area contributed by atoms with Crippen LogP contribution in [-0.4, -0.2) is 12.4 Å². The van der Waals surface area contributed by atoms with Gasteiger partial charge in [0.15, 0.2) is 0 Å². The van der Waals surface area contributed by atoms with Crippen LogP contribution in [0.15, 0.2) is 12.1 Å². The van der Waals surface area contributed by atoms with Crippen LogP contribution in [0.25, 0.3) is 0 Å². The van der Waals surface area contributed by atoms with Crippen LogP contribution >= 0.6 is 0 Å². The number of hydrogen-bond donors (Lipinski definition) is 0. The molecule has 18 heavy (non-hydrogen) atoms. The second-order valence-corrected chi connectivity index (χ2v) is 5.60. The molecule has 0 heterocycles. The predicted molar refractivity (Wildman–Crippen MR) is 73.4 cm³/mol. The van der Waals surface area contributed by atoms with Gasteiger partial charge in [0.05, 0.1) is 6.10 Å². The molecule has 0 unspecified atom stereocenters. The molecule has 1 aromatic carbocycles. The minimum atomic E-state index is 0.348. The molecule has 98 valence electrons. The van der Waals surface area contributed by atoms with E-state index in [0.29, 0.717) is 6.10 Å². The third-order valence-electron chi connectivity index (χ3n) is 3.87. The number of hydrogen-bond acceptors (Lipinski definition) is 2. The molecule has 0 atom stereocenters. The predicted octanol–water partition coefficient (Wildman–Crippen LogP) is 4.07. The summed E-state index contributed by atoms with van der Waals surface area (Å²) < 4.78 is 6.15. The lowest BCUT2D eigenvalue weighted by molar-refractivity contribution is 0.112. The lowest BCUT2D eigenvalue weighted by Crippen LogP contribution is -2.23. The fourth-order valence-electron chi connectivity index (χ4n) is 2.75. The van der Waals surface area contributed by atoms with E-state index in [4.69, 9.17) is 4.74 Å². The van der Waals surface area contributed by atoms with Crippen molar-refractivity contribution in [3.63, 3.8) is 0 Å². The van der Waals surface area contributed by atoms with Gasteiger partial charge in [-0.25, -0.2) is 0 Å². The van der Waals surface area contributed by atoms with E-state index in [1.807, 2.05) is 26.0 Å². The molecule has 1 aliphatic rings. The number of aldehydes is 1. The maximum Gasteiger partial charge on any atom is 0.150 e. The van der Waals surface area contributed by atoms with Crippen LogP contribution < -0.4 is 4.74 Å². The molecular weight excluding hydrogens is 224 g/mol. The minimum absolute atomic E-state index is 0.348. The van der Waals surface area contributed by atoms with Crippen LogP contribution in [0.5, 0.6) is 5.75 Å². The van der Waals surface area contributed by atoms with E-state index in [0.717, 1.165) is 47.5 Å². The summed E-state index contributed by atoms with van der Waals surface area (Å²) in [6.07, 6.45) is 6.06. The second kappa shape index (κ2) is 5.55. The van der Waals surface area contributed by atoms with Crippen molar-refractivity contribution in [2.24, 2.45) is 5.92 Å². The molecule has 0 bridgehead atoms. The van der Waals surface area contributed by atoms with Crippen molar-refractivity contribution < 1.29 is 9.53 Å². The highest BCUT2D eigenvalue weighted by Gasteiger charge is 2.20. The number of rotatable bonds is 3. The molecule has 0 aromatic heterocycles. The smallest absolute Gasteiger partial charge is 0.150 e. The molecule has 1 aromatic rings. The highest BCUT2D eigenvalue weighted by Crippen LogP contribution is 2.31. The molecule has 2 rings (SSSR count). The molecule has 0 aliphatic heterocycles. The average molecular weight is 246 g/mol. The Hall–Kier alpha value is -1.31. The molecule has 0 N–H and O–H groups in total. The van der Waals surface area contributed by atoms with Gasteiger partial charge in [-0.05, 0) is 68.7 Å². The summed E-state index contributed by atoms with van der Waals surface area (Å²) in [5, 5.41) is 0.